The van der Waals surface area contributed by atoms with E-state index in [-0.39, 0.29) is 0 Å². The highest BCUT2D eigenvalue weighted by Crippen LogP contribution is 2.20. The highest BCUT2D eigenvalue weighted by atomic mass is 35.5. The van der Waals surface area contributed by atoms with Crippen LogP contribution in [-0.2, 0) is 7.05 Å². The summed E-state index contributed by atoms with van der Waals surface area (Å²) < 4.78 is 1.74. The van der Waals surface area contributed by atoms with Gasteiger partial charge in [0, 0.05) is 18.8 Å². The zero-order valence-electron chi connectivity index (χ0n) is 7.90. The molecule has 2 aromatic heterocycles. The largest absolute Gasteiger partial charge is 0.275 e. The van der Waals surface area contributed by atoms with E-state index in [0.717, 1.165) is 17.0 Å². The van der Waals surface area contributed by atoms with Crippen LogP contribution in [0.3, 0.4) is 0 Å². The van der Waals surface area contributed by atoms with Crippen LogP contribution in [0.25, 0.3) is 11.3 Å². The fourth-order valence-electron chi connectivity index (χ4n) is 1.32. The van der Waals surface area contributed by atoms with Crippen molar-refractivity contribution in [3.8, 4) is 11.3 Å². The molecule has 72 valence electrons. The van der Waals surface area contributed by atoms with Crippen molar-refractivity contribution in [2.45, 2.75) is 6.92 Å². The Morgan fingerprint density at radius 1 is 1.36 bits per heavy atom. The molecule has 0 aliphatic heterocycles. The Morgan fingerprint density at radius 2 is 2.14 bits per heavy atom. The van der Waals surface area contributed by atoms with Crippen LogP contribution in [0.2, 0.25) is 5.15 Å². The molecule has 14 heavy (non-hydrogen) atoms. The first-order valence-corrected chi connectivity index (χ1v) is 4.53. The van der Waals surface area contributed by atoms with Gasteiger partial charge in [-0.25, -0.2) is 4.98 Å². The maximum atomic E-state index is 5.75. The molecule has 0 saturated heterocycles. The Hall–Kier alpha value is -1.42. The summed E-state index contributed by atoms with van der Waals surface area (Å²) in [5, 5.41) is 4.62. The molecule has 0 aliphatic rings. The maximum absolute atomic E-state index is 5.75. The zero-order valence-corrected chi connectivity index (χ0v) is 8.65. The second-order valence-corrected chi connectivity index (χ2v) is 3.42. The van der Waals surface area contributed by atoms with Crippen molar-refractivity contribution in [3.05, 3.63) is 29.4 Å². The van der Waals surface area contributed by atoms with Crippen LogP contribution in [0, 0.1) is 6.92 Å². The van der Waals surface area contributed by atoms with Crippen molar-refractivity contribution in [1.29, 1.82) is 0 Å². The van der Waals surface area contributed by atoms with Crippen LogP contribution in [0.4, 0.5) is 0 Å². The summed E-state index contributed by atoms with van der Waals surface area (Å²) in [6, 6.07) is 0. The number of hydrogen-bond acceptors (Lipinski definition) is 3. The van der Waals surface area contributed by atoms with E-state index in [9.17, 15) is 0 Å². The van der Waals surface area contributed by atoms with Gasteiger partial charge in [0.05, 0.1) is 23.8 Å². The Labute approximate surface area is 86.6 Å². The lowest BCUT2D eigenvalue weighted by atomic mass is 10.2. The minimum atomic E-state index is 0.394. The second-order valence-electron chi connectivity index (χ2n) is 3.03. The van der Waals surface area contributed by atoms with Crippen LogP contribution >= 0.6 is 11.6 Å². The third-order valence-corrected chi connectivity index (χ3v) is 2.08. The van der Waals surface area contributed by atoms with Crippen LogP contribution in [-0.4, -0.2) is 19.7 Å². The first-order valence-electron chi connectivity index (χ1n) is 4.15. The van der Waals surface area contributed by atoms with Gasteiger partial charge < -0.3 is 0 Å². The Morgan fingerprint density at radius 3 is 2.71 bits per heavy atom. The molecule has 2 heterocycles. The molecule has 2 aromatic rings. The first kappa shape index (κ1) is 9.15. The van der Waals surface area contributed by atoms with Gasteiger partial charge >= 0.3 is 0 Å². The molecule has 0 unspecified atom stereocenters. The van der Waals surface area contributed by atoms with E-state index in [0.29, 0.717) is 5.15 Å². The van der Waals surface area contributed by atoms with Crippen molar-refractivity contribution in [2.75, 3.05) is 0 Å². The Balaban J connectivity index is 2.54. The van der Waals surface area contributed by atoms with Gasteiger partial charge in [0.25, 0.3) is 0 Å². The highest BCUT2D eigenvalue weighted by molar-refractivity contribution is 6.29. The molecular formula is C9H9ClN4. The second kappa shape index (κ2) is 3.38. The number of aromatic nitrogens is 4. The number of rotatable bonds is 1. The predicted molar refractivity (Wildman–Crippen MR) is 54.0 cm³/mol. The molecule has 0 spiro atoms. The molecule has 2 rings (SSSR count). The Kier molecular flexibility index (Phi) is 2.21. The average molecular weight is 209 g/mol. The standard InChI is InChI=1S/C9H9ClN4/c1-6-7(5-14(2)13-6)8-3-11-4-9(10)12-8/h3-5H,1-2H3. The van der Waals surface area contributed by atoms with E-state index in [4.69, 9.17) is 11.6 Å². The first-order chi connectivity index (χ1) is 6.66. The number of aryl methyl sites for hydroxylation is 2. The lowest BCUT2D eigenvalue weighted by molar-refractivity contribution is 0.756. The van der Waals surface area contributed by atoms with E-state index >= 15 is 0 Å². The van der Waals surface area contributed by atoms with E-state index in [1.54, 1.807) is 10.9 Å². The lowest BCUT2D eigenvalue weighted by Crippen LogP contribution is -1.86. The van der Waals surface area contributed by atoms with Gasteiger partial charge in [0.15, 0.2) is 0 Å². The van der Waals surface area contributed by atoms with E-state index in [1.165, 1.54) is 6.20 Å². The summed E-state index contributed by atoms with van der Waals surface area (Å²) in [4.78, 5) is 8.15. The average Bonchev–Trinajstić information content (AvgIpc) is 2.45. The summed E-state index contributed by atoms with van der Waals surface area (Å²) >= 11 is 5.75. The molecule has 0 aromatic carbocycles. The van der Waals surface area contributed by atoms with Gasteiger partial charge in [-0.2, -0.15) is 5.10 Å². The topological polar surface area (TPSA) is 43.6 Å². The van der Waals surface area contributed by atoms with Gasteiger partial charge in [-0.05, 0) is 6.92 Å². The zero-order chi connectivity index (χ0) is 10.1. The van der Waals surface area contributed by atoms with Crippen molar-refractivity contribution in [1.82, 2.24) is 19.7 Å². The molecule has 5 heteroatoms. The molecule has 0 bridgehead atoms. The summed E-state index contributed by atoms with van der Waals surface area (Å²) in [6.07, 6.45) is 5.09. The van der Waals surface area contributed by atoms with Crippen LogP contribution in [0.15, 0.2) is 18.6 Å². The fraction of sp³-hybridized carbons (Fsp3) is 0.222. The van der Waals surface area contributed by atoms with Crippen molar-refractivity contribution < 1.29 is 0 Å². The smallest absolute Gasteiger partial charge is 0.148 e. The third-order valence-electron chi connectivity index (χ3n) is 1.89. The SMILES string of the molecule is Cc1nn(C)cc1-c1cncc(Cl)n1. The normalized spacial score (nSPS) is 10.5. The summed E-state index contributed by atoms with van der Waals surface area (Å²) in [5.41, 5.74) is 2.63. The summed E-state index contributed by atoms with van der Waals surface area (Å²) in [5.74, 6) is 0. The quantitative estimate of drug-likeness (QED) is 0.718. The van der Waals surface area contributed by atoms with E-state index < -0.39 is 0 Å². The van der Waals surface area contributed by atoms with E-state index in [1.807, 2.05) is 20.2 Å². The number of halogens is 1. The monoisotopic (exact) mass is 208 g/mol. The van der Waals surface area contributed by atoms with Crippen molar-refractivity contribution >= 4 is 11.6 Å². The van der Waals surface area contributed by atoms with Gasteiger partial charge in [-0.1, -0.05) is 11.6 Å². The molecular weight excluding hydrogens is 200 g/mol. The van der Waals surface area contributed by atoms with Gasteiger partial charge in [0.1, 0.15) is 5.15 Å². The molecule has 0 radical (unpaired) electrons. The Bertz CT molecular complexity index is 464. The van der Waals surface area contributed by atoms with Gasteiger partial charge in [-0.3, -0.25) is 9.67 Å². The molecule has 0 amide bonds. The third kappa shape index (κ3) is 1.61. The molecule has 0 saturated carbocycles. The van der Waals surface area contributed by atoms with Crippen LogP contribution in [0.5, 0.6) is 0 Å². The molecule has 0 fully saturated rings. The van der Waals surface area contributed by atoms with Crippen LogP contribution < -0.4 is 0 Å². The summed E-state index contributed by atoms with van der Waals surface area (Å²) in [7, 11) is 1.87. The number of hydrogen-bond donors (Lipinski definition) is 0. The number of nitrogens with zero attached hydrogens (tertiary/aromatic N) is 4. The van der Waals surface area contributed by atoms with Gasteiger partial charge in [0.2, 0.25) is 0 Å². The maximum Gasteiger partial charge on any atom is 0.148 e. The fourth-order valence-corrected chi connectivity index (χ4v) is 1.47. The molecule has 0 N–H and O–H groups in total. The summed E-state index contributed by atoms with van der Waals surface area (Å²) in [6.45, 7) is 1.93. The minimum Gasteiger partial charge on any atom is -0.275 e. The van der Waals surface area contributed by atoms with Crippen LogP contribution in [0.1, 0.15) is 5.69 Å². The predicted octanol–water partition coefficient (Wildman–Crippen LogP) is 1.84. The highest BCUT2D eigenvalue weighted by Gasteiger charge is 2.07. The van der Waals surface area contributed by atoms with Crippen molar-refractivity contribution in [3.63, 3.8) is 0 Å². The molecule has 4 nitrogen and oxygen atoms in total. The lowest BCUT2D eigenvalue weighted by Gasteiger charge is -1.96. The van der Waals surface area contributed by atoms with E-state index in [2.05, 4.69) is 15.1 Å². The molecule has 0 atom stereocenters. The minimum absolute atomic E-state index is 0.394. The van der Waals surface area contributed by atoms with Gasteiger partial charge in [-0.15, -0.1) is 0 Å². The molecule has 0 aliphatic carbocycles. The van der Waals surface area contributed by atoms with Crippen molar-refractivity contribution in [2.24, 2.45) is 7.05 Å².